The van der Waals surface area contributed by atoms with E-state index in [1.165, 1.54) is 19.3 Å². The lowest BCUT2D eigenvalue weighted by atomic mass is 9.97. The molecule has 1 fully saturated rings. The molecule has 1 aliphatic carbocycles. The lowest BCUT2D eigenvalue weighted by Gasteiger charge is -2.27. The summed E-state index contributed by atoms with van der Waals surface area (Å²) in [5.41, 5.74) is 0.150. The lowest BCUT2D eigenvalue weighted by Crippen LogP contribution is -2.28. The number of hydrogen-bond acceptors (Lipinski definition) is 4. The molecule has 0 unspecified atom stereocenters. The highest BCUT2D eigenvalue weighted by Gasteiger charge is 2.23. The molecule has 1 saturated carbocycles. The maximum absolute atomic E-state index is 12.0. The Labute approximate surface area is 167 Å². The number of esters is 1. The van der Waals surface area contributed by atoms with Crippen LogP contribution in [0.4, 0.5) is 0 Å². The van der Waals surface area contributed by atoms with Crippen LogP contribution in [-0.4, -0.2) is 35.2 Å². The Kier molecular flexibility index (Phi) is 8.54. The summed E-state index contributed by atoms with van der Waals surface area (Å²) in [6.45, 7) is 0.992. The maximum atomic E-state index is 12.0. The molecule has 0 heterocycles. The third kappa shape index (κ3) is 6.00. The summed E-state index contributed by atoms with van der Waals surface area (Å²) in [6, 6.07) is 3.22. The van der Waals surface area contributed by atoms with E-state index >= 15 is 0 Å². The number of alkyl halides is 1. The minimum absolute atomic E-state index is 0.104. The van der Waals surface area contributed by atoms with Crippen LogP contribution in [0.3, 0.4) is 0 Å². The van der Waals surface area contributed by atoms with Gasteiger partial charge in [-0.15, -0.1) is 0 Å². The summed E-state index contributed by atoms with van der Waals surface area (Å²) >= 11 is 10.2. The minimum atomic E-state index is -0.525. The first-order valence-electron chi connectivity index (χ1n) is 8.10. The maximum Gasteiger partial charge on any atom is 0.341 e. The van der Waals surface area contributed by atoms with Crippen LogP contribution >= 0.6 is 47.8 Å². The largest absolute Gasteiger partial charge is 0.506 e. The normalized spacial score (nSPS) is 20.8. The van der Waals surface area contributed by atoms with E-state index in [2.05, 4.69) is 47.8 Å². The zero-order valence-corrected chi connectivity index (χ0v) is 18.0. The minimum Gasteiger partial charge on any atom is -0.506 e. The quantitative estimate of drug-likeness (QED) is 0.285. The second kappa shape index (κ2) is 10.1. The Morgan fingerprint density at radius 2 is 1.88 bits per heavy atom. The summed E-state index contributed by atoms with van der Waals surface area (Å²) in [6.07, 6.45) is 6.67. The van der Waals surface area contributed by atoms with Crippen molar-refractivity contribution < 1.29 is 19.4 Å². The fourth-order valence-corrected chi connectivity index (χ4v) is 4.61. The van der Waals surface area contributed by atoms with Gasteiger partial charge < -0.3 is 14.6 Å². The van der Waals surface area contributed by atoms with Crippen LogP contribution in [0.1, 0.15) is 48.9 Å². The van der Waals surface area contributed by atoms with Crippen molar-refractivity contribution >= 4 is 53.8 Å². The number of unbranched alkanes of at least 4 members (excludes halogenated alkanes) is 1. The molecule has 0 saturated heterocycles. The van der Waals surface area contributed by atoms with Crippen molar-refractivity contribution in [2.24, 2.45) is 0 Å². The molecule has 0 aliphatic heterocycles. The molecule has 2 atom stereocenters. The Hall–Kier alpha value is -0.110. The van der Waals surface area contributed by atoms with E-state index in [1.807, 2.05) is 0 Å². The van der Waals surface area contributed by atoms with E-state index in [-0.39, 0.29) is 11.3 Å². The van der Waals surface area contributed by atoms with Crippen molar-refractivity contribution in [2.75, 3.05) is 13.2 Å². The Morgan fingerprint density at radius 3 is 2.62 bits per heavy atom. The molecule has 1 aliphatic rings. The smallest absolute Gasteiger partial charge is 0.341 e. The average Bonchev–Trinajstić information content (AvgIpc) is 2.55. The van der Waals surface area contributed by atoms with Gasteiger partial charge in [0.15, 0.2) is 0 Å². The summed E-state index contributed by atoms with van der Waals surface area (Å²) in [4.78, 5) is 12.5. The molecule has 0 spiro atoms. The van der Waals surface area contributed by atoms with Crippen molar-refractivity contribution in [1.29, 1.82) is 0 Å². The first-order valence-corrected chi connectivity index (χ1v) is 10.6. The lowest BCUT2D eigenvalue weighted by molar-refractivity contribution is 0.0267. The van der Waals surface area contributed by atoms with E-state index in [9.17, 15) is 9.90 Å². The fraction of sp³-hybridized carbons (Fsp3) is 0.588. The molecule has 4 nitrogen and oxygen atoms in total. The summed E-state index contributed by atoms with van der Waals surface area (Å²) < 4.78 is 12.3. The second-order valence-electron chi connectivity index (χ2n) is 5.84. The highest BCUT2D eigenvalue weighted by Crippen LogP contribution is 2.32. The van der Waals surface area contributed by atoms with Crippen LogP contribution in [0.5, 0.6) is 5.75 Å². The molecular formula is C17H21Br3O4. The standard InChI is InChI=1S/C17H21Br3O4/c18-11-9-12(16(21)14(20)10-11)17(22)24-8-4-3-7-23-15-6-2-1-5-13(15)19/h9-10,13,15,21H,1-8H2/t13-,15-/m1/s1. The number of halogens is 3. The number of rotatable bonds is 7. The van der Waals surface area contributed by atoms with Gasteiger partial charge in [-0.2, -0.15) is 0 Å². The molecule has 0 radical (unpaired) electrons. The number of ether oxygens (including phenoxy) is 2. The van der Waals surface area contributed by atoms with Gasteiger partial charge in [0.25, 0.3) is 0 Å². The molecule has 2 rings (SSSR count). The molecule has 0 aromatic heterocycles. The van der Waals surface area contributed by atoms with Gasteiger partial charge in [-0.1, -0.05) is 44.7 Å². The van der Waals surface area contributed by atoms with Crippen molar-refractivity contribution in [2.45, 2.75) is 49.5 Å². The molecular weight excluding hydrogens is 508 g/mol. The van der Waals surface area contributed by atoms with Crippen LogP contribution in [-0.2, 0) is 9.47 Å². The van der Waals surface area contributed by atoms with E-state index in [0.29, 0.717) is 33.1 Å². The fourth-order valence-electron chi connectivity index (χ4n) is 2.64. The Balaban J connectivity index is 1.66. The van der Waals surface area contributed by atoms with Crippen molar-refractivity contribution in [3.05, 3.63) is 26.6 Å². The molecule has 1 N–H and O–H groups in total. The summed E-state index contributed by atoms with van der Waals surface area (Å²) in [7, 11) is 0. The number of carbonyl (C=O) groups excluding carboxylic acids is 1. The number of carbonyl (C=O) groups is 1. The van der Waals surface area contributed by atoms with Gasteiger partial charge in [-0.05, 0) is 53.7 Å². The van der Waals surface area contributed by atoms with Gasteiger partial charge >= 0.3 is 5.97 Å². The number of hydrogen-bond donors (Lipinski definition) is 1. The van der Waals surface area contributed by atoms with E-state index in [1.54, 1.807) is 12.1 Å². The van der Waals surface area contributed by atoms with Crippen LogP contribution in [0.15, 0.2) is 21.1 Å². The van der Waals surface area contributed by atoms with Gasteiger partial charge in [0.05, 0.1) is 17.2 Å². The Morgan fingerprint density at radius 1 is 1.17 bits per heavy atom. The van der Waals surface area contributed by atoms with Gasteiger partial charge in [-0.25, -0.2) is 4.79 Å². The predicted molar refractivity (Wildman–Crippen MR) is 104 cm³/mol. The van der Waals surface area contributed by atoms with E-state index in [4.69, 9.17) is 9.47 Å². The highest BCUT2D eigenvalue weighted by atomic mass is 79.9. The third-order valence-corrected chi connectivity index (χ3v) is 6.08. The van der Waals surface area contributed by atoms with E-state index < -0.39 is 5.97 Å². The topological polar surface area (TPSA) is 55.8 Å². The predicted octanol–water partition coefficient (Wildman–Crippen LogP) is 5.58. The van der Waals surface area contributed by atoms with Crippen LogP contribution in [0, 0.1) is 0 Å². The van der Waals surface area contributed by atoms with Gasteiger partial charge in [0.1, 0.15) is 11.3 Å². The molecule has 134 valence electrons. The first-order chi connectivity index (χ1) is 11.5. The first kappa shape index (κ1) is 20.2. The molecule has 24 heavy (non-hydrogen) atoms. The number of phenolic OH excluding ortho intramolecular Hbond substituents is 1. The van der Waals surface area contributed by atoms with Gasteiger partial charge in [0, 0.05) is 15.9 Å². The van der Waals surface area contributed by atoms with Crippen LogP contribution in [0.2, 0.25) is 0 Å². The molecule has 7 heteroatoms. The molecule has 1 aromatic rings. The molecule has 1 aromatic carbocycles. The molecule has 0 amide bonds. The van der Waals surface area contributed by atoms with Gasteiger partial charge in [-0.3, -0.25) is 0 Å². The number of phenols is 1. The second-order valence-corrected chi connectivity index (χ2v) is 8.78. The third-order valence-electron chi connectivity index (χ3n) is 3.97. The Bertz CT molecular complexity index is 565. The monoisotopic (exact) mass is 526 g/mol. The van der Waals surface area contributed by atoms with Crippen molar-refractivity contribution in [3.8, 4) is 5.75 Å². The van der Waals surface area contributed by atoms with Crippen molar-refractivity contribution in [1.82, 2.24) is 0 Å². The highest BCUT2D eigenvalue weighted by molar-refractivity contribution is 9.11. The zero-order valence-electron chi connectivity index (χ0n) is 13.3. The number of aromatic hydroxyl groups is 1. The SMILES string of the molecule is O=C(OCCCCO[C@@H]1CCCC[C@H]1Br)c1cc(Br)cc(Br)c1O. The number of benzene rings is 1. The molecule has 0 bridgehead atoms. The van der Waals surface area contributed by atoms with Crippen LogP contribution in [0.25, 0.3) is 0 Å². The van der Waals surface area contributed by atoms with Crippen molar-refractivity contribution in [3.63, 3.8) is 0 Å². The summed E-state index contributed by atoms with van der Waals surface area (Å²) in [5, 5.41) is 9.91. The average molecular weight is 529 g/mol. The van der Waals surface area contributed by atoms with E-state index in [0.717, 1.165) is 19.3 Å². The van der Waals surface area contributed by atoms with Gasteiger partial charge in [0.2, 0.25) is 0 Å². The zero-order chi connectivity index (χ0) is 17.5. The van der Waals surface area contributed by atoms with Crippen LogP contribution < -0.4 is 0 Å². The summed E-state index contributed by atoms with van der Waals surface area (Å²) in [5.74, 6) is -0.629.